The van der Waals surface area contributed by atoms with Crippen LogP contribution in [0.25, 0.3) is 0 Å². The monoisotopic (exact) mass is 597 g/mol. The molecule has 6 rings (SSSR count). The fraction of sp³-hybridized carbons (Fsp3) is 0.607. The predicted molar refractivity (Wildman–Crippen MR) is 136 cm³/mol. The van der Waals surface area contributed by atoms with Crippen molar-refractivity contribution in [3.63, 3.8) is 0 Å². The van der Waals surface area contributed by atoms with Gasteiger partial charge in [0, 0.05) is 32.0 Å². The number of benzene rings is 1. The fourth-order valence-corrected chi connectivity index (χ4v) is 8.30. The van der Waals surface area contributed by atoms with Crippen molar-refractivity contribution >= 4 is 22.6 Å². The van der Waals surface area contributed by atoms with Crippen molar-refractivity contribution in [2.24, 2.45) is 5.41 Å². The summed E-state index contributed by atoms with van der Waals surface area (Å²) in [4.78, 5) is 5.20. The van der Waals surface area contributed by atoms with Gasteiger partial charge in [-0.25, -0.2) is 0 Å². The van der Waals surface area contributed by atoms with Gasteiger partial charge >= 0.3 is 6.18 Å². The van der Waals surface area contributed by atoms with Crippen molar-refractivity contribution in [2.45, 2.75) is 99.0 Å². The van der Waals surface area contributed by atoms with E-state index >= 15 is 0 Å². The first-order valence-corrected chi connectivity index (χ1v) is 14.0. The molecule has 188 valence electrons. The van der Waals surface area contributed by atoms with E-state index in [-0.39, 0.29) is 15.3 Å². The largest absolute Gasteiger partial charge is 0.416 e. The first kappa shape index (κ1) is 24.2. The Labute approximate surface area is 218 Å². The summed E-state index contributed by atoms with van der Waals surface area (Å²) in [5.74, 6) is 0.134. The second-order valence-corrected chi connectivity index (χ2v) is 12.9. The smallest absolute Gasteiger partial charge is 0.388 e. The molecule has 0 bridgehead atoms. The molecule has 2 heterocycles. The van der Waals surface area contributed by atoms with Crippen LogP contribution in [-0.2, 0) is 22.9 Å². The summed E-state index contributed by atoms with van der Waals surface area (Å²) in [5.41, 5.74) is 4.75. The van der Waals surface area contributed by atoms with Gasteiger partial charge in [-0.2, -0.15) is 13.2 Å². The first-order chi connectivity index (χ1) is 16.5. The molecule has 4 unspecified atom stereocenters. The second-order valence-electron chi connectivity index (χ2n) is 11.4. The van der Waals surface area contributed by atoms with Crippen molar-refractivity contribution in [3.8, 4) is 0 Å². The van der Waals surface area contributed by atoms with E-state index in [4.69, 9.17) is 9.72 Å². The summed E-state index contributed by atoms with van der Waals surface area (Å²) in [7, 11) is 0. The van der Waals surface area contributed by atoms with Crippen molar-refractivity contribution in [1.82, 2.24) is 4.98 Å². The minimum absolute atomic E-state index is 0.134. The zero-order chi connectivity index (χ0) is 24.8. The maximum Gasteiger partial charge on any atom is 0.416 e. The Balaban J connectivity index is 1.57. The highest BCUT2D eigenvalue weighted by Crippen LogP contribution is 2.62. The van der Waals surface area contributed by atoms with E-state index < -0.39 is 29.5 Å². The van der Waals surface area contributed by atoms with Crippen molar-refractivity contribution in [1.29, 1.82) is 0 Å². The van der Waals surface area contributed by atoms with Crippen LogP contribution in [0.3, 0.4) is 0 Å². The molecular formula is C28H31F3INO2. The number of hydrogen-bond donors (Lipinski definition) is 1. The number of hydrogen-bond acceptors (Lipinski definition) is 3. The highest BCUT2D eigenvalue weighted by atomic mass is 127. The number of halogens is 4. The second kappa shape index (κ2) is 8.15. The molecule has 0 saturated heterocycles. The summed E-state index contributed by atoms with van der Waals surface area (Å²) in [6, 6.07) is 5.40. The van der Waals surface area contributed by atoms with E-state index in [1.54, 1.807) is 12.1 Å². The first-order valence-electron chi connectivity index (χ1n) is 12.8. The number of rotatable bonds is 2. The lowest BCUT2D eigenvalue weighted by Gasteiger charge is -2.48. The van der Waals surface area contributed by atoms with Gasteiger partial charge in [0.05, 0.1) is 11.7 Å². The van der Waals surface area contributed by atoms with Crippen LogP contribution < -0.4 is 0 Å². The summed E-state index contributed by atoms with van der Waals surface area (Å²) < 4.78 is 47.0. The Morgan fingerprint density at radius 1 is 1.09 bits per heavy atom. The lowest BCUT2D eigenvalue weighted by molar-refractivity contribution is -0.137. The SMILES string of the molecule is CC(C)c1nc2c(c3c1C(c1ccc(C(F)(F)F)cc1)OC31CCCC1I)C(O)CC1(CCC1)C2. The van der Waals surface area contributed by atoms with E-state index in [0.717, 1.165) is 90.7 Å². The molecule has 7 heteroatoms. The predicted octanol–water partition coefficient (Wildman–Crippen LogP) is 7.68. The zero-order valence-corrected chi connectivity index (χ0v) is 22.2. The van der Waals surface area contributed by atoms with Crippen LogP contribution in [0.1, 0.15) is 116 Å². The van der Waals surface area contributed by atoms with E-state index in [2.05, 4.69) is 36.4 Å². The van der Waals surface area contributed by atoms with Crippen LogP contribution in [0.4, 0.5) is 13.2 Å². The number of fused-ring (bicyclic) bond motifs is 4. The molecule has 35 heavy (non-hydrogen) atoms. The fourth-order valence-electron chi connectivity index (χ4n) is 7.09. The number of nitrogens with zero attached hydrogens (tertiary/aromatic N) is 1. The number of aromatic nitrogens is 1. The Hall–Kier alpha value is -1.19. The molecule has 2 saturated carbocycles. The third kappa shape index (κ3) is 3.62. The van der Waals surface area contributed by atoms with Gasteiger partial charge in [-0.3, -0.25) is 4.98 Å². The molecule has 3 nitrogen and oxygen atoms in total. The van der Waals surface area contributed by atoms with Gasteiger partial charge in [-0.05, 0) is 74.0 Å². The Morgan fingerprint density at radius 2 is 1.80 bits per heavy atom. The molecule has 4 aliphatic rings. The quantitative estimate of drug-likeness (QED) is 0.285. The lowest BCUT2D eigenvalue weighted by Crippen LogP contribution is -2.40. The van der Waals surface area contributed by atoms with E-state index in [1.807, 2.05) is 0 Å². The molecule has 1 N–H and O–H groups in total. The van der Waals surface area contributed by atoms with Gasteiger partial charge in [0.1, 0.15) is 11.7 Å². The van der Waals surface area contributed by atoms with Crippen molar-refractivity contribution in [2.75, 3.05) is 0 Å². The van der Waals surface area contributed by atoms with Crippen LogP contribution in [0.2, 0.25) is 0 Å². The molecule has 2 spiro atoms. The lowest BCUT2D eigenvalue weighted by atomic mass is 9.59. The van der Waals surface area contributed by atoms with Crippen LogP contribution in [0.5, 0.6) is 0 Å². The molecule has 4 atom stereocenters. The van der Waals surface area contributed by atoms with E-state index in [1.165, 1.54) is 6.42 Å². The Bertz CT molecular complexity index is 1160. The normalized spacial score (nSPS) is 31.1. The summed E-state index contributed by atoms with van der Waals surface area (Å²) in [6.45, 7) is 4.25. The number of ether oxygens (including phenoxy) is 1. The third-order valence-corrected chi connectivity index (χ3v) is 10.5. The minimum atomic E-state index is -4.38. The zero-order valence-electron chi connectivity index (χ0n) is 20.1. The molecule has 0 amide bonds. The number of pyridine rings is 1. The minimum Gasteiger partial charge on any atom is -0.388 e. The summed E-state index contributed by atoms with van der Waals surface area (Å²) >= 11 is 2.49. The molecule has 2 aromatic rings. The number of aliphatic hydroxyl groups excluding tert-OH is 1. The highest BCUT2D eigenvalue weighted by molar-refractivity contribution is 14.1. The van der Waals surface area contributed by atoms with Gasteiger partial charge in [0.2, 0.25) is 0 Å². The van der Waals surface area contributed by atoms with Gasteiger partial charge in [0.15, 0.2) is 0 Å². The summed E-state index contributed by atoms with van der Waals surface area (Å²) in [5, 5.41) is 11.5. The maximum atomic E-state index is 13.3. The molecular weight excluding hydrogens is 566 g/mol. The maximum absolute atomic E-state index is 13.3. The highest BCUT2D eigenvalue weighted by Gasteiger charge is 2.57. The van der Waals surface area contributed by atoms with Crippen molar-refractivity contribution < 1.29 is 23.0 Å². The molecule has 1 aromatic carbocycles. The molecule has 0 radical (unpaired) electrons. The molecule has 1 aliphatic heterocycles. The third-order valence-electron chi connectivity index (χ3n) is 8.91. The standard InChI is InChI=1S/C28H31F3INO2/c1-15(2)24-22-23(21-18(33-24)13-26(10-4-11-26)14-19(21)34)27(12-3-5-20(27)32)35-25(22)16-6-8-17(9-7-16)28(29,30)31/h6-9,15,19-20,25,34H,3-5,10-14H2,1-2H3. The van der Waals surface area contributed by atoms with Crippen LogP contribution in [0, 0.1) is 5.41 Å². The topological polar surface area (TPSA) is 42.4 Å². The van der Waals surface area contributed by atoms with Crippen LogP contribution in [-0.4, -0.2) is 14.0 Å². The van der Waals surface area contributed by atoms with Crippen LogP contribution >= 0.6 is 22.6 Å². The number of alkyl halides is 4. The van der Waals surface area contributed by atoms with Gasteiger partial charge < -0.3 is 9.84 Å². The Morgan fingerprint density at radius 3 is 2.34 bits per heavy atom. The Kier molecular flexibility index (Phi) is 5.63. The van der Waals surface area contributed by atoms with E-state index in [0.29, 0.717) is 0 Å². The summed E-state index contributed by atoms with van der Waals surface area (Å²) in [6.07, 6.45) is 2.64. The van der Waals surface area contributed by atoms with E-state index in [9.17, 15) is 18.3 Å². The molecule has 3 aliphatic carbocycles. The average Bonchev–Trinajstić information content (AvgIpc) is 3.32. The van der Waals surface area contributed by atoms with Gasteiger partial charge in [0.25, 0.3) is 0 Å². The molecule has 2 fully saturated rings. The van der Waals surface area contributed by atoms with Crippen molar-refractivity contribution in [3.05, 3.63) is 63.5 Å². The van der Waals surface area contributed by atoms with Gasteiger partial charge in [-0.1, -0.05) is 55.0 Å². The van der Waals surface area contributed by atoms with Crippen LogP contribution in [0.15, 0.2) is 24.3 Å². The van der Waals surface area contributed by atoms with Gasteiger partial charge in [-0.15, -0.1) is 0 Å². The molecule has 1 aromatic heterocycles. The average molecular weight is 597 g/mol. The number of aliphatic hydroxyl groups is 1.